The molecule has 1 aliphatic heterocycles. The molecule has 5 nitrogen and oxygen atoms in total. The molecule has 0 aliphatic carbocycles. The molecule has 2 rings (SSSR count). The first-order valence-electron chi connectivity index (χ1n) is 5.47. The maximum atomic E-state index is 10.6. The van der Waals surface area contributed by atoms with Crippen LogP contribution in [0, 0.1) is 5.92 Å². The molecule has 0 aromatic carbocycles. The minimum absolute atomic E-state index is 0.00573. The van der Waals surface area contributed by atoms with Crippen molar-refractivity contribution in [3.63, 3.8) is 0 Å². The molecule has 0 bridgehead atoms. The zero-order valence-corrected chi connectivity index (χ0v) is 9.26. The highest BCUT2D eigenvalue weighted by Gasteiger charge is 2.18. The zero-order valence-electron chi connectivity index (χ0n) is 9.26. The van der Waals surface area contributed by atoms with Gasteiger partial charge in [-0.1, -0.05) is 6.92 Å². The number of hydrogen-bond acceptors (Lipinski definition) is 4. The quantitative estimate of drug-likeness (QED) is 0.817. The van der Waals surface area contributed by atoms with Crippen molar-refractivity contribution < 1.29 is 9.90 Å². The number of carboxylic acids is 1. The van der Waals surface area contributed by atoms with Crippen molar-refractivity contribution in [3.8, 4) is 0 Å². The minimum atomic E-state index is -1.04. The first-order valence-corrected chi connectivity index (χ1v) is 5.47. The average Bonchev–Trinajstić information content (AvgIpc) is 2.29. The third-order valence-electron chi connectivity index (χ3n) is 2.84. The van der Waals surface area contributed by atoms with Crippen LogP contribution in [0.25, 0.3) is 0 Å². The molecule has 86 valence electrons. The minimum Gasteiger partial charge on any atom is -0.476 e. The van der Waals surface area contributed by atoms with E-state index in [4.69, 9.17) is 5.11 Å². The molecule has 1 atom stereocenters. The van der Waals surface area contributed by atoms with Crippen molar-refractivity contribution in [1.29, 1.82) is 0 Å². The number of carbonyl (C=O) groups is 1. The maximum absolute atomic E-state index is 10.6. The summed E-state index contributed by atoms with van der Waals surface area (Å²) in [6, 6.07) is 0. The summed E-state index contributed by atoms with van der Waals surface area (Å²) in [5.41, 5.74) is -0.00573. The molecule has 1 fully saturated rings. The Kier molecular flexibility index (Phi) is 3.03. The summed E-state index contributed by atoms with van der Waals surface area (Å²) >= 11 is 0. The molecule has 0 spiro atoms. The summed E-state index contributed by atoms with van der Waals surface area (Å²) in [5.74, 6) is 0.400. The van der Waals surface area contributed by atoms with Crippen LogP contribution in [0.5, 0.6) is 0 Å². The van der Waals surface area contributed by atoms with Crippen LogP contribution in [0.3, 0.4) is 0 Å². The fourth-order valence-corrected chi connectivity index (χ4v) is 1.99. The molecule has 16 heavy (non-hydrogen) atoms. The van der Waals surface area contributed by atoms with Gasteiger partial charge in [0.1, 0.15) is 5.82 Å². The fraction of sp³-hybridized carbons (Fsp3) is 0.545. The molecular formula is C11H15N3O2. The van der Waals surface area contributed by atoms with E-state index in [2.05, 4.69) is 21.8 Å². The first kappa shape index (κ1) is 10.9. The van der Waals surface area contributed by atoms with E-state index in [0.29, 0.717) is 5.92 Å². The Morgan fingerprint density at radius 2 is 2.31 bits per heavy atom. The van der Waals surface area contributed by atoms with Gasteiger partial charge < -0.3 is 10.0 Å². The van der Waals surface area contributed by atoms with Crippen LogP contribution < -0.4 is 4.90 Å². The van der Waals surface area contributed by atoms with Crippen molar-refractivity contribution >= 4 is 11.8 Å². The lowest BCUT2D eigenvalue weighted by Gasteiger charge is -2.31. The molecule has 1 unspecified atom stereocenters. The molecule has 0 radical (unpaired) electrons. The van der Waals surface area contributed by atoms with E-state index in [1.165, 1.54) is 12.6 Å². The molecule has 2 heterocycles. The number of carboxylic acid groups (broad SMARTS) is 1. The average molecular weight is 221 g/mol. The van der Waals surface area contributed by atoms with E-state index in [1.54, 1.807) is 6.20 Å². The monoisotopic (exact) mass is 221 g/mol. The normalized spacial score (nSPS) is 20.8. The highest BCUT2D eigenvalue weighted by atomic mass is 16.4. The van der Waals surface area contributed by atoms with Crippen molar-refractivity contribution in [1.82, 2.24) is 9.97 Å². The molecular weight excluding hydrogens is 206 g/mol. The van der Waals surface area contributed by atoms with Crippen LogP contribution in [-0.4, -0.2) is 34.1 Å². The third-order valence-corrected chi connectivity index (χ3v) is 2.84. The van der Waals surface area contributed by atoms with Gasteiger partial charge in [0, 0.05) is 13.1 Å². The molecule has 1 saturated heterocycles. The third kappa shape index (κ3) is 2.29. The summed E-state index contributed by atoms with van der Waals surface area (Å²) in [7, 11) is 0. The van der Waals surface area contributed by atoms with Gasteiger partial charge in [-0.3, -0.25) is 0 Å². The Morgan fingerprint density at radius 3 is 2.88 bits per heavy atom. The topological polar surface area (TPSA) is 66.3 Å². The highest BCUT2D eigenvalue weighted by molar-refractivity contribution is 5.84. The Balaban J connectivity index is 2.11. The molecule has 1 aromatic rings. The molecule has 1 aromatic heterocycles. The second kappa shape index (κ2) is 4.47. The van der Waals surface area contributed by atoms with E-state index in [9.17, 15) is 4.79 Å². The number of hydrogen-bond donors (Lipinski definition) is 1. The van der Waals surface area contributed by atoms with Crippen molar-refractivity contribution in [2.45, 2.75) is 19.8 Å². The van der Waals surface area contributed by atoms with Gasteiger partial charge in [-0.05, 0) is 18.8 Å². The lowest BCUT2D eigenvalue weighted by atomic mass is 10.0. The summed E-state index contributed by atoms with van der Waals surface area (Å²) < 4.78 is 0. The number of aromatic carboxylic acids is 1. The van der Waals surface area contributed by atoms with Gasteiger partial charge in [-0.25, -0.2) is 14.8 Å². The predicted molar refractivity (Wildman–Crippen MR) is 59.6 cm³/mol. The lowest BCUT2D eigenvalue weighted by molar-refractivity contribution is 0.0690. The standard InChI is InChI=1S/C11H15N3O2/c1-8-3-2-4-14(7-8)10-6-12-9(5-13-10)11(15)16/h5-6,8H,2-4,7H2,1H3,(H,15,16). The van der Waals surface area contributed by atoms with Crippen molar-refractivity contribution in [2.75, 3.05) is 18.0 Å². The van der Waals surface area contributed by atoms with Gasteiger partial charge in [0.2, 0.25) is 0 Å². The molecule has 0 amide bonds. The van der Waals surface area contributed by atoms with Gasteiger partial charge >= 0.3 is 5.97 Å². The van der Waals surface area contributed by atoms with Gasteiger partial charge in [-0.2, -0.15) is 0 Å². The molecule has 5 heteroatoms. The molecule has 1 aliphatic rings. The van der Waals surface area contributed by atoms with Gasteiger partial charge in [0.05, 0.1) is 12.4 Å². The summed E-state index contributed by atoms with van der Waals surface area (Å²) in [5, 5.41) is 8.71. The second-order valence-electron chi connectivity index (χ2n) is 4.26. The summed E-state index contributed by atoms with van der Waals surface area (Å²) in [4.78, 5) is 20.8. The van der Waals surface area contributed by atoms with E-state index in [1.807, 2.05) is 0 Å². The SMILES string of the molecule is CC1CCCN(c2cnc(C(=O)O)cn2)C1. The highest BCUT2D eigenvalue weighted by Crippen LogP contribution is 2.20. The van der Waals surface area contributed by atoms with Crippen LogP contribution in [0.4, 0.5) is 5.82 Å². The van der Waals surface area contributed by atoms with E-state index in [0.717, 1.165) is 25.3 Å². The van der Waals surface area contributed by atoms with Crippen LogP contribution in [-0.2, 0) is 0 Å². The van der Waals surface area contributed by atoms with Crippen LogP contribution in [0.15, 0.2) is 12.4 Å². The zero-order chi connectivity index (χ0) is 11.5. The van der Waals surface area contributed by atoms with E-state index < -0.39 is 5.97 Å². The number of nitrogens with zero attached hydrogens (tertiary/aromatic N) is 3. The Hall–Kier alpha value is -1.65. The van der Waals surface area contributed by atoms with Crippen molar-refractivity contribution in [3.05, 3.63) is 18.1 Å². The Bertz CT molecular complexity index is 377. The Morgan fingerprint density at radius 1 is 1.50 bits per heavy atom. The van der Waals surface area contributed by atoms with E-state index >= 15 is 0 Å². The van der Waals surface area contributed by atoms with Crippen molar-refractivity contribution in [2.24, 2.45) is 5.92 Å². The van der Waals surface area contributed by atoms with E-state index in [-0.39, 0.29) is 5.69 Å². The van der Waals surface area contributed by atoms with Crippen LogP contribution >= 0.6 is 0 Å². The number of rotatable bonds is 2. The predicted octanol–water partition coefficient (Wildman–Crippen LogP) is 1.41. The number of anilines is 1. The Labute approximate surface area is 94.1 Å². The lowest BCUT2D eigenvalue weighted by Crippen LogP contribution is -2.34. The number of piperidine rings is 1. The molecule has 1 N–H and O–H groups in total. The fourth-order valence-electron chi connectivity index (χ4n) is 1.99. The number of aromatic nitrogens is 2. The summed E-state index contributed by atoms with van der Waals surface area (Å²) in [6.07, 6.45) is 5.26. The smallest absolute Gasteiger partial charge is 0.356 e. The maximum Gasteiger partial charge on any atom is 0.356 e. The van der Waals surface area contributed by atoms with Gasteiger partial charge in [-0.15, -0.1) is 0 Å². The van der Waals surface area contributed by atoms with Crippen LogP contribution in [0.1, 0.15) is 30.3 Å². The first-order chi connectivity index (χ1) is 7.66. The molecule has 0 saturated carbocycles. The second-order valence-corrected chi connectivity index (χ2v) is 4.26. The summed E-state index contributed by atoms with van der Waals surface area (Å²) in [6.45, 7) is 4.16. The van der Waals surface area contributed by atoms with Gasteiger partial charge in [0.25, 0.3) is 0 Å². The van der Waals surface area contributed by atoms with Crippen LogP contribution in [0.2, 0.25) is 0 Å². The van der Waals surface area contributed by atoms with Gasteiger partial charge in [0.15, 0.2) is 5.69 Å². The largest absolute Gasteiger partial charge is 0.476 e.